The van der Waals surface area contributed by atoms with Crippen molar-refractivity contribution in [2.75, 3.05) is 6.54 Å². The summed E-state index contributed by atoms with van der Waals surface area (Å²) in [5.74, 6) is 1.43. The first kappa shape index (κ1) is 22.1. The van der Waals surface area contributed by atoms with Crippen molar-refractivity contribution < 1.29 is 9.32 Å². The van der Waals surface area contributed by atoms with Crippen LogP contribution in [0.1, 0.15) is 49.2 Å². The Hall–Kier alpha value is -2.22. The molecule has 2 heterocycles. The molecule has 0 aliphatic rings. The number of carbonyl (C=O) groups is 1. The molecule has 1 aromatic carbocycles. The standard InChI is InChI=1S/C20H24N4O2S.ClH/c1-13(2)14-5-7-15(8-6-14)16(21)12-22-18(25)9-10-19-23-20(24-26-19)17-4-3-11-27-17;/h3-8,11,13,16H,9-10,12,21H2,1-2H3,(H,22,25);1H. The molecule has 0 spiro atoms. The van der Waals surface area contributed by atoms with Gasteiger partial charge in [-0.25, -0.2) is 0 Å². The fourth-order valence-electron chi connectivity index (χ4n) is 2.64. The summed E-state index contributed by atoms with van der Waals surface area (Å²) < 4.78 is 5.21. The van der Waals surface area contributed by atoms with E-state index in [2.05, 4.69) is 41.4 Å². The van der Waals surface area contributed by atoms with E-state index in [1.54, 1.807) is 11.3 Å². The molecule has 3 rings (SSSR count). The van der Waals surface area contributed by atoms with Crippen LogP contribution < -0.4 is 11.1 Å². The predicted molar refractivity (Wildman–Crippen MR) is 114 cm³/mol. The van der Waals surface area contributed by atoms with Crippen LogP contribution in [0, 0.1) is 0 Å². The zero-order valence-electron chi connectivity index (χ0n) is 15.9. The molecule has 150 valence electrons. The van der Waals surface area contributed by atoms with E-state index in [9.17, 15) is 4.79 Å². The van der Waals surface area contributed by atoms with Gasteiger partial charge < -0.3 is 15.6 Å². The SMILES string of the molecule is CC(C)c1ccc(C(N)CNC(=O)CCc2nc(-c3cccs3)no2)cc1.Cl. The molecule has 1 atom stereocenters. The van der Waals surface area contributed by atoms with Crippen molar-refractivity contribution in [1.82, 2.24) is 15.5 Å². The predicted octanol–water partition coefficient (Wildman–Crippen LogP) is 4.09. The van der Waals surface area contributed by atoms with E-state index in [4.69, 9.17) is 10.3 Å². The summed E-state index contributed by atoms with van der Waals surface area (Å²) in [5.41, 5.74) is 8.47. The number of aromatic nitrogens is 2. The van der Waals surface area contributed by atoms with Crippen LogP contribution in [0.4, 0.5) is 0 Å². The van der Waals surface area contributed by atoms with E-state index in [1.165, 1.54) is 5.56 Å². The molecule has 1 amide bonds. The van der Waals surface area contributed by atoms with Crippen LogP contribution in [0.2, 0.25) is 0 Å². The molecule has 6 nitrogen and oxygen atoms in total. The fourth-order valence-corrected chi connectivity index (χ4v) is 3.29. The maximum Gasteiger partial charge on any atom is 0.227 e. The zero-order valence-corrected chi connectivity index (χ0v) is 17.6. The second-order valence-corrected chi connectivity index (χ2v) is 7.67. The van der Waals surface area contributed by atoms with Gasteiger partial charge in [0.2, 0.25) is 17.6 Å². The summed E-state index contributed by atoms with van der Waals surface area (Å²) in [5, 5.41) is 8.77. The minimum absolute atomic E-state index is 0. The van der Waals surface area contributed by atoms with Crippen molar-refractivity contribution in [3.63, 3.8) is 0 Å². The quantitative estimate of drug-likeness (QED) is 0.572. The van der Waals surface area contributed by atoms with Gasteiger partial charge in [0.25, 0.3) is 0 Å². The fraction of sp³-hybridized carbons (Fsp3) is 0.350. The Bertz CT molecular complexity index is 863. The van der Waals surface area contributed by atoms with Gasteiger partial charge in [0, 0.05) is 25.4 Å². The molecule has 0 radical (unpaired) electrons. The number of nitrogens with one attached hydrogen (secondary N) is 1. The molecule has 0 aliphatic carbocycles. The molecule has 0 saturated carbocycles. The van der Waals surface area contributed by atoms with E-state index in [0.717, 1.165) is 10.4 Å². The van der Waals surface area contributed by atoms with Gasteiger partial charge >= 0.3 is 0 Å². The molecule has 0 fully saturated rings. The first-order chi connectivity index (χ1) is 13.0. The van der Waals surface area contributed by atoms with E-state index in [-0.39, 0.29) is 30.8 Å². The third kappa shape index (κ3) is 5.89. The van der Waals surface area contributed by atoms with Gasteiger partial charge in [0.05, 0.1) is 4.88 Å². The summed E-state index contributed by atoms with van der Waals surface area (Å²) in [6.45, 7) is 4.70. The average molecular weight is 421 g/mol. The minimum Gasteiger partial charge on any atom is -0.354 e. The lowest BCUT2D eigenvalue weighted by molar-refractivity contribution is -0.121. The highest BCUT2D eigenvalue weighted by Gasteiger charge is 2.13. The third-order valence-electron chi connectivity index (χ3n) is 4.33. The molecule has 3 aromatic rings. The summed E-state index contributed by atoms with van der Waals surface area (Å²) in [7, 11) is 0. The molecule has 3 N–H and O–H groups in total. The number of aryl methyl sites for hydroxylation is 1. The number of carbonyl (C=O) groups excluding carboxylic acids is 1. The number of halogens is 1. The minimum atomic E-state index is -0.232. The smallest absolute Gasteiger partial charge is 0.227 e. The zero-order chi connectivity index (χ0) is 19.2. The molecule has 0 aliphatic heterocycles. The van der Waals surface area contributed by atoms with Crippen molar-refractivity contribution in [2.24, 2.45) is 5.73 Å². The van der Waals surface area contributed by atoms with Crippen LogP contribution in [0.3, 0.4) is 0 Å². The Labute approximate surface area is 174 Å². The van der Waals surface area contributed by atoms with Crippen molar-refractivity contribution >= 4 is 29.7 Å². The summed E-state index contributed by atoms with van der Waals surface area (Å²) in [6.07, 6.45) is 0.688. The Morgan fingerprint density at radius 2 is 1.93 bits per heavy atom. The third-order valence-corrected chi connectivity index (χ3v) is 5.19. The summed E-state index contributed by atoms with van der Waals surface area (Å²) in [4.78, 5) is 17.3. The van der Waals surface area contributed by atoms with Crippen LogP contribution in [0.5, 0.6) is 0 Å². The van der Waals surface area contributed by atoms with Gasteiger partial charge in [-0.05, 0) is 28.5 Å². The van der Waals surface area contributed by atoms with E-state index in [0.29, 0.717) is 30.6 Å². The number of thiophene rings is 1. The number of amides is 1. The molecular formula is C20H25ClN4O2S. The normalized spacial score (nSPS) is 11.9. The molecule has 1 unspecified atom stereocenters. The number of benzene rings is 1. The highest BCUT2D eigenvalue weighted by Crippen LogP contribution is 2.21. The van der Waals surface area contributed by atoms with Gasteiger partial charge in [-0.15, -0.1) is 23.7 Å². The highest BCUT2D eigenvalue weighted by atomic mass is 35.5. The van der Waals surface area contributed by atoms with Crippen LogP contribution in [0.25, 0.3) is 10.7 Å². The molecule has 2 aromatic heterocycles. The van der Waals surface area contributed by atoms with Crippen molar-refractivity contribution in [1.29, 1.82) is 0 Å². The van der Waals surface area contributed by atoms with Gasteiger partial charge in [-0.1, -0.05) is 49.3 Å². The first-order valence-electron chi connectivity index (χ1n) is 9.01. The van der Waals surface area contributed by atoms with E-state index < -0.39 is 0 Å². The molecule has 8 heteroatoms. The Morgan fingerprint density at radius 1 is 1.21 bits per heavy atom. The highest BCUT2D eigenvalue weighted by molar-refractivity contribution is 7.13. The average Bonchev–Trinajstić information content (AvgIpc) is 3.35. The lowest BCUT2D eigenvalue weighted by Crippen LogP contribution is -2.32. The van der Waals surface area contributed by atoms with Gasteiger partial charge in [0.15, 0.2) is 0 Å². The van der Waals surface area contributed by atoms with Crippen molar-refractivity contribution in [3.05, 3.63) is 58.8 Å². The number of nitrogens with two attached hydrogens (primary N) is 1. The Kier molecular flexibility index (Phi) is 8.17. The number of rotatable bonds is 8. The summed E-state index contributed by atoms with van der Waals surface area (Å²) >= 11 is 1.55. The van der Waals surface area contributed by atoms with Gasteiger partial charge in [-0.3, -0.25) is 4.79 Å². The number of hydrogen-bond acceptors (Lipinski definition) is 6. The molecular weight excluding hydrogens is 396 g/mol. The molecule has 0 bridgehead atoms. The largest absolute Gasteiger partial charge is 0.354 e. The molecule has 0 saturated heterocycles. The topological polar surface area (TPSA) is 94.0 Å². The van der Waals surface area contributed by atoms with E-state index in [1.807, 2.05) is 29.6 Å². The number of nitrogens with zero attached hydrogens (tertiary/aromatic N) is 2. The summed E-state index contributed by atoms with van der Waals surface area (Å²) in [6, 6.07) is 11.9. The Balaban J connectivity index is 0.00000280. The van der Waals surface area contributed by atoms with Crippen LogP contribution >= 0.6 is 23.7 Å². The molecule has 28 heavy (non-hydrogen) atoms. The first-order valence-corrected chi connectivity index (χ1v) is 9.89. The lowest BCUT2D eigenvalue weighted by atomic mass is 9.99. The van der Waals surface area contributed by atoms with Gasteiger partial charge in [-0.2, -0.15) is 4.98 Å². The second kappa shape index (κ2) is 10.4. The Morgan fingerprint density at radius 3 is 2.57 bits per heavy atom. The second-order valence-electron chi connectivity index (χ2n) is 6.72. The monoisotopic (exact) mass is 420 g/mol. The number of hydrogen-bond donors (Lipinski definition) is 2. The lowest BCUT2D eigenvalue weighted by Gasteiger charge is -2.14. The van der Waals surface area contributed by atoms with Gasteiger partial charge in [0.1, 0.15) is 0 Å². The van der Waals surface area contributed by atoms with Crippen LogP contribution in [-0.4, -0.2) is 22.6 Å². The van der Waals surface area contributed by atoms with E-state index >= 15 is 0 Å². The maximum absolute atomic E-state index is 12.1. The van der Waals surface area contributed by atoms with Crippen LogP contribution in [-0.2, 0) is 11.2 Å². The maximum atomic E-state index is 12.1. The van der Waals surface area contributed by atoms with Crippen LogP contribution in [0.15, 0.2) is 46.3 Å². The van der Waals surface area contributed by atoms with Crippen molar-refractivity contribution in [2.45, 2.75) is 38.6 Å². The van der Waals surface area contributed by atoms with Crippen molar-refractivity contribution in [3.8, 4) is 10.7 Å².